The van der Waals surface area contributed by atoms with E-state index >= 15 is 0 Å². The highest BCUT2D eigenvalue weighted by molar-refractivity contribution is 6.21. The Labute approximate surface area is 185 Å². The number of ether oxygens (including phenoxy) is 1. The molecule has 172 valence electrons. The first kappa shape index (κ1) is 23.3. The molecule has 32 heavy (non-hydrogen) atoms. The van der Waals surface area contributed by atoms with Gasteiger partial charge in [-0.1, -0.05) is 0 Å². The van der Waals surface area contributed by atoms with Crippen LogP contribution in [0.25, 0.3) is 0 Å². The zero-order valence-corrected chi connectivity index (χ0v) is 17.9. The number of nitro benzene ring substituents is 1. The number of hydrogen-bond donors (Lipinski definition) is 0. The van der Waals surface area contributed by atoms with Crippen molar-refractivity contribution in [3.8, 4) is 0 Å². The van der Waals surface area contributed by atoms with Crippen molar-refractivity contribution < 1.29 is 28.8 Å². The summed E-state index contributed by atoms with van der Waals surface area (Å²) in [6, 6.07) is 3.59. The van der Waals surface area contributed by atoms with Gasteiger partial charge in [0.05, 0.1) is 29.1 Å². The van der Waals surface area contributed by atoms with Crippen LogP contribution in [0, 0.1) is 10.1 Å². The Kier molecular flexibility index (Phi) is 7.52. The molecule has 0 saturated carbocycles. The van der Waals surface area contributed by atoms with Crippen LogP contribution in [0.5, 0.6) is 0 Å². The number of imide groups is 1. The number of nitrogens with zero attached hydrogens (tertiary/aromatic N) is 4. The lowest BCUT2D eigenvalue weighted by molar-refractivity contribution is -0.384. The molecule has 1 aromatic rings. The molecular formula is C21H26N4O7. The van der Waals surface area contributed by atoms with Gasteiger partial charge in [0, 0.05) is 58.4 Å². The molecule has 0 aliphatic carbocycles. The van der Waals surface area contributed by atoms with Gasteiger partial charge in [0.2, 0.25) is 11.8 Å². The molecule has 0 aromatic heterocycles. The van der Waals surface area contributed by atoms with Crippen LogP contribution < -0.4 is 0 Å². The summed E-state index contributed by atoms with van der Waals surface area (Å²) in [6.45, 7) is 2.46. The van der Waals surface area contributed by atoms with Crippen LogP contribution in [0.15, 0.2) is 18.2 Å². The molecule has 2 aliphatic rings. The van der Waals surface area contributed by atoms with Crippen LogP contribution in [0.1, 0.15) is 46.4 Å². The Morgan fingerprint density at radius 2 is 1.62 bits per heavy atom. The van der Waals surface area contributed by atoms with Crippen molar-refractivity contribution in [2.75, 3.05) is 46.4 Å². The van der Waals surface area contributed by atoms with E-state index in [9.17, 15) is 29.3 Å². The minimum absolute atomic E-state index is 0.00649. The number of nitro groups is 1. The van der Waals surface area contributed by atoms with Crippen molar-refractivity contribution in [3.05, 3.63) is 39.4 Å². The molecule has 0 unspecified atom stereocenters. The summed E-state index contributed by atoms with van der Waals surface area (Å²) in [4.78, 5) is 64.5. The van der Waals surface area contributed by atoms with Gasteiger partial charge in [-0.15, -0.1) is 0 Å². The number of amides is 4. The standard InChI is InChI=1S/C21H26N4O7/c1-32-13-7-19(27)23-9-3-8-22(11-12-23)18(26)4-2-10-24-20(28)16-6-5-15(25(30)31)14-17(16)21(24)29/h5-6,14H,2-4,7-13H2,1H3. The molecule has 11 heteroatoms. The van der Waals surface area contributed by atoms with Gasteiger partial charge in [-0.05, 0) is 18.9 Å². The molecule has 0 N–H and O–H groups in total. The number of carbonyl (C=O) groups excluding carboxylic acids is 4. The smallest absolute Gasteiger partial charge is 0.270 e. The fourth-order valence-electron chi connectivity index (χ4n) is 3.91. The van der Waals surface area contributed by atoms with E-state index < -0.39 is 16.7 Å². The second-order valence-corrected chi connectivity index (χ2v) is 7.71. The predicted molar refractivity (Wildman–Crippen MR) is 112 cm³/mol. The van der Waals surface area contributed by atoms with Gasteiger partial charge >= 0.3 is 0 Å². The molecule has 0 radical (unpaired) electrons. The number of hydrogen-bond acceptors (Lipinski definition) is 7. The van der Waals surface area contributed by atoms with Crippen LogP contribution in [-0.4, -0.2) is 89.7 Å². The van der Waals surface area contributed by atoms with E-state index in [1.807, 2.05) is 0 Å². The lowest BCUT2D eigenvalue weighted by atomic mass is 10.1. The maximum Gasteiger partial charge on any atom is 0.270 e. The van der Waals surface area contributed by atoms with Crippen LogP contribution in [0.4, 0.5) is 5.69 Å². The minimum atomic E-state index is -0.618. The van der Waals surface area contributed by atoms with E-state index in [1.54, 1.807) is 16.9 Å². The van der Waals surface area contributed by atoms with Crippen LogP contribution in [0.2, 0.25) is 0 Å². The number of benzene rings is 1. The summed E-state index contributed by atoms with van der Waals surface area (Å²) in [5, 5.41) is 10.9. The first-order valence-electron chi connectivity index (χ1n) is 10.5. The van der Waals surface area contributed by atoms with E-state index in [0.717, 1.165) is 11.0 Å². The summed E-state index contributed by atoms with van der Waals surface area (Å²) in [6.07, 6.45) is 1.44. The number of carbonyl (C=O) groups is 4. The molecule has 0 bridgehead atoms. The molecule has 1 saturated heterocycles. The zero-order chi connectivity index (χ0) is 23.3. The molecule has 1 fully saturated rings. The molecule has 4 amide bonds. The molecule has 0 atom stereocenters. The highest BCUT2D eigenvalue weighted by atomic mass is 16.6. The van der Waals surface area contributed by atoms with E-state index in [-0.39, 0.29) is 41.6 Å². The lowest BCUT2D eigenvalue weighted by Gasteiger charge is -2.22. The molecule has 2 heterocycles. The monoisotopic (exact) mass is 446 g/mol. The van der Waals surface area contributed by atoms with Crippen molar-refractivity contribution in [2.24, 2.45) is 0 Å². The van der Waals surface area contributed by atoms with Crippen molar-refractivity contribution in [1.29, 1.82) is 0 Å². The predicted octanol–water partition coefficient (Wildman–Crippen LogP) is 1.07. The fourth-order valence-corrected chi connectivity index (χ4v) is 3.91. The largest absolute Gasteiger partial charge is 0.384 e. The first-order chi connectivity index (χ1) is 15.3. The van der Waals surface area contributed by atoms with E-state index in [4.69, 9.17) is 4.74 Å². The van der Waals surface area contributed by atoms with Crippen LogP contribution in [-0.2, 0) is 14.3 Å². The summed E-state index contributed by atoms with van der Waals surface area (Å²) < 4.78 is 4.94. The van der Waals surface area contributed by atoms with Crippen LogP contribution in [0.3, 0.4) is 0 Å². The maximum atomic E-state index is 12.6. The van der Waals surface area contributed by atoms with Gasteiger partial charge in [0.15, 0.2) is 0 Å². The van der Waals surface area contributed by atoms with Gasteiger partial charge in [0.25, 0.3) is 17.5 Å². The maximum absolute atomic E-state index is 12.6. The highest BCUT2D eigenvalue weighted by Crippen LogP contribution is 2.27. The van der Waals surface area contributed by atoms with Crippen molar-refractivity contribution in [1.82, 2.24) is 14.7 Å². The second-order valence-electron chi connectivity index (χ2n) is 7.71. The van der Waals surface area contributed by atoms with Crippen molar-refractivity contribution in [3.63, 3.8) is 0 Å². The van der Waals surface area contributed by atoms with Crippen LogP contribution >= 0.6 is 0 Å². The third kappa shape index (κ3) is 5.10. The van der Waals surface area contributed by atoms with Gasteiger partial charge in [0.1, 0.15) is 0 Å². The average Bonchev–Trinajstić information content (AvgIpc) is 2.95. The lowest BCUT2D eigenvalue weighted by Crippen LogP contribution is -2.38. The van der Waals surface area contributed by atoms with E-state index in [1.165, 1.54) is 12.1 Å². The average molecular weight is 446 g/mol. The number of rotatable bonds is 8. The molecule has 11 nitrogen and oxygen atoms in total. The highest BCUT2D eigenvalue weighted by Gasteiger charge is 2.36. The summed E-state index contributed by atoms with van der Waals surface area (Å²) in [5.41, 5.74) is -0.100. The summed E-state index contributed by atoms with van der Waals surface area (Å²) in [7, 11) is 1.54. The molecule has 2 aliphatic heterocycles. The second kappa shape index (κ2) is 10.3. The first-order valence-corrected chi connectivity index (χ1v) is 10.5. The van der Waals surface area contributed by atoms with Gasteiger partial charge in [-0.3, -0.25) is 34.2 Å². The van der Waals surface area contributed by atoms with Crippen molar-refractivity contribution in [2.45, 2.75) is 25.7 Å². The van der Waals surface area contributed by atoms with E-state index in [0.29, 0.717) is 52.0 Å². The molecule has 1 aromatic carbocycles. The van der Waals surface area contributed by atoms with Gasteiger partial charge in [-0.25, -0.2) is 0 Å². The fraction of sp³-hybridized carbons (Fsp3) is 0.524. The van der Waals surface area contributed by atoms with E-state index in [2.05, 4.69) is 0 Å². The zero-order valence-electron chi connectivity index (χ0n) is 17.9. The van der Waals surface area contributed by atoms with Gasteiger partial charge in [-0.2, -0.15) is 0 Å². The minimum Gasteiger partial charge on any atom is -0.384 e. The number of fused-ring (bicyclic) bond motifs is 1. The number of methoxy groups -OCH3 is 1. The summed E-state index contributed by atoms with van der Waals surface area (Å²) >= 11 is 0. The third-order valence-electron chi connectivity index (χ3n) is 5.66. The third-order valence-corrected chi connectivity index (χ3v) is 5.66. The SMILES string of the molecule is COCCC(=O)N1CCCN(C(=O)CCCN2C(=O)c3ccc([N+](=O)[O-])cc3C2=O)CC1. The Morgan fingerprint density at radius 3 is 2.25 bits per heavy atom. The quantitative estimate of drug-likeness (QED) is 0.332. The Balaban J connectivity index is 1.49. The van der Waals surface area contributed by atoms with Gasteiger partial charge < -0.3 is 14.5 Å². The normalized spacial score (nSPS) is 16.2. The molecule has 3 rings (SSSR count). The Morgan fingerprint density at radius 1 is 1.00 bits per heavy atom. The molecular weight excluding hydrogens is 420 g/mol. The molecule has 0 spiro atoms. The number of non-ortho nitro benzene ring substituents is 1. The Bertz CT molecular complexity index is 933. The topological polar surface area (TPSA) is 130 Å². The Hall–Kier alpha value is -3.34. The van der Waals surface area contributed by atoms with Crippen molar-refractivity contribution >= 4 is 29.3 Å². The summed E-state index contributed by atoms with van der Waals surface area (Å²) in [5.74, 6) is -1.18.